The standard InChI is InChI=1S/C25H23N7O/c1-3-8-17(9-4-1)23-21(15-26-25-22(16-27-32(23)25)24-28-30-31-29-24)18-10-7-13-20(14-18)33-19-11-5-2-6-12-19/h2,5-7,10-17H,1,3-4,8-9H2,(H,28,29,30,31). The SMILES string of the molecule is c1ccc(Oc2cccc(-c3cnc4c(-c5nnn[nH]5)cnn4c3C3CCCCC3)c2)cc1. The number of ether oxygens (including phenoxy) is 1. The van der Waals surface area contributed by atoms with Crippen molar-refractivity contribution in [2.24, 2.45) is 0 Å². The van der Waals surface area contributed by atoms with Gasteiger partial charge in [0.15, 0.2) is 11.5 Å². The Morgan fingerprint density at radius 3 is 2.55 bits per heavy atom. The van der Waals surface area contributed by atoms with E-state index in [-0.39, 0.29) is 0 Å². The summed E-state index contributed by atoms with van der Waals surface area (Å²) in [5.41, 5.74) is 4.89. The number of hydrogen-bond acceptors (Lipinski definition) is 6. The molecular weight excluding hydrogens is 414 g/mol. The van der Waals surface area contributed by atoms with Gasteiger partial charge in [0.2, 0.25) is 0 Å². The van der Waals surface area contributed by atoms with E-state index in [1.807, 2.05) is 53.2 Å². The Morgan fingerprint density at radius 2 is 1.73 bits per heavy atom. The molecule has 1 saturated carbocycles. The highest BCUT2D eigenvalue weighted by molar-refractivity contribution is 5.75. The van der Waals surface area contributed by atoms with E-state index in [0.29, 0.717) is 11.7 Å². The van der Waals surface area contributed by atoms with Crippen LogP contribution in [-0.4, -0.2) is 35.2 Å². The number of rotatable bonds is 5. The third kappa shape index (κ3) is 3.73. The number of benzene rings is 2. The van der Waals surface area contributed by atoms with Gasteiger partial charge in [0.05, 0.1) is 17.5 Å². The lowest BCUT2D eigenvalue weighted by molar-refractivity contribution is 0.431. The molecule has 0 saturated heterocycles. The number of tetrazole rings is 1. The molecule has 1 aliphatic rings. The molecule has 0 amide bonds. The van der Waals surface area contributed by atoms with Crippen molar-refractivity contribution in [1.29, 1.82) is 0 Å². The number of para-hydroxylation sites is 1. The minimum atomic E-state index is 0.415. The summed E-state index contributed by atoms with van der Waals surface area (Å²) in [6.07, 6.45) is 9.77. The van der Waals surface area contributed by atoms with Crippen LogP contribution < -0.4 is 4.74 Å². The van der Waals surface area contributed by atoms with E-state index in [9.17, 15) is 0 Å². The number of fused-ring (bicyclic) bond motifs is 1. The third-order valence-corrected chi connectivity index (χ3v) is 6.28. The zero-order valence-electron chi connectivity index (χ0n) is 18.1. The largest absolute Gasteiger partial charge is 0.457 e. The van der Waals surface area contributed by atoms with Crippen LogP contribution in [0.2, 0.25) is 0 Å². The lowest BCUT2D eigenvalue weighted by atomic mass is 9.84. The van der Waals surface area contributed by atoms with Gasteiger partial charge in [0, 0.05) is 17.7 Å². The first-order valence-corrected chi connectivity index (χ1v) is 11.3. The van der Waals surface area contributed by atoms with E-state index in [0.717, 1.165) is 46.7 Å². The summed E-state index contributed by atoms with van der Waals surface area (Å²) in [5, 5.41) is 19.0. The molecule has 8 nitrogen and oxygen atoms in total. The van der Waals surface area contributed by atoms with E-state index < -0.39 is 0 Å². The monoisotopic (exact) mass is 437 g/mol. The van der Waals surface area contributed by atoms with Gasteiger partial charge in [-0.2, -0.15) is 5.10 Å². The van der Waals surface area contributed by atoms with Gasteiger partial charge in [-0.3, -0.25) is 0 Å². The van der Waals surface area contributed by atoms with Crippen LogP contribution in [0.5, 0.6) is 11.5 Å². The van der Waals surface area contributed by atoms with Gasteiger partial charge < -0.3 is 4.74 Å². The molecule has 0 spiro atoms. The van der Waals surface area contributed by atoms with Crippen LogP contribution in [0.3, 0.4) is 0 Å². The Bertz CT molecular complexity index is 1370. The zero-order valence-corrected chi connectivity index (χ0v) is 18.1. The smallest absolute Gasteiger partial charge is 0.184 e. The first-order chi connectivity index (χ1) is 16.4. The molecule has 0 unspecified atom stereocenters. The second-order valence-electron chi connectivity index (χ2n) is 8.38. The summed E-state index contributed by atoms with van der Waals surface area (Å²) in [6.45, 7) is 0. The Kier molecular flexibility index (Phi) is 5.03. The lowest BCUT2D eigenvalue weighted by Crippen LogP contribution is -2.12. The highest BCUT2D eigenvalue weighted by atomic mass is 16.5. The number of nitrogens with one attached hydrogen (secondary N) is 1. The Labute approximate surface area is 190 Å². The van der Waals surface area contributed by atoms with Crippen LogP contribution in [-0.2, 0) is 0 Å². The molecule has 5 aromatic rings. The Balaban J connectivity index is 1.47. The average molecular weight is 438 g/mol. The maximum Gasteiger partial charge on any atom is 0.184 e. The number of hydrogen-bond donors (Lipinski definition) is 1. The Hall–Kier alpha value is -4.07. The molecule has 164 valence electrons. The van der Waals surface area contributed by atoms with Crippen LogP contribution in [0.15, 0.2) is 67.0 Å². The lowest BCUT2D eigenvalue weighted by Gasteiger charge is -2.25. The van der Waals surface area contributed by atoms with Crippen molar-refractivity contribution in [2.45, 2.75) is 38.0 Å². The van der Waals surface area contributed by atoms with Gasteiger partial charge in [0.25, 0.3) is 0 Å². The molecular formula is C25H23N7O. The second kappa shape index (κ2) is 8.46. The molecule has 1 aliphatic carbocycles. The predicted octanol–water partition coefficient (Wildman–Crippen LogP) is 5.42. The molecule has 3 aromatic heterocycles. The first kappa shape index (κ1) is 19.6. The topological polar surface area (TPSA) is 93.9 Å². The molecule has 33 heavy (non-hydrogen) atoms. The van der Waals surface area contributed by atoms with Crippen LogP contribution in [0.4, 0.5) is 0 Å². The van der Waals surface area contributed by atoms with Crippen molar-refractivity contribution in [3.63, 3.8) is 0 Å². The van der Waals surface area contributed by atoms with Gasteiger partial charge in [-0.15, -0.1) is 5.10 Å². The molecule has 3 heterocycles. The summed E-state index contributed by atoms with van der Waals surface area (Å²) in [5.74, 6) is 2.59. The molecule has 0 atom stereocenters. The van der Waals surface area contributed by atoms with Gasteiger partial charge in [-0.1, -0.05) is 49.6 Å². The highest BCUT2D eigenvalue weighted by Crippen LogP contribution is 2.39. The van der Waals surface area contributed by atoms with Crippen LogP contribution >= 0.6 is 0 Å². The molecule has 1 fully saturated rings. The summed E-state index contributed by atoms with van der Waals surface area (Å²) in [7, 11) is 0. The summed E-state index contributed by atoms with van der Waals surface area (Å²) in [6, 6.07) is 18.0. The van der Waals surface area contributed by atoms with Gasteiger partial charge in [0.1, 0.15) is 11.5 Å². The van der Waals surface area contributed by atoms with E-state index in [4.69, 9.17) is 14.8 Å². The van der Waals surface area contributed by atoms with Crippen molar-refractivity contribution in [2.75, 3.05) is 0 Å². The van der Waals surface area contributed by atoms with Crippen molar-refractivity contribution < 1.29 is 4.74 Å². The molecule has 6 rings (SSSR count). The number of aromatic nitrogens is 7. The molecule has 0 radical (unpaired) electrons. The molecule has 1 N–H and O–H groups in total. The minimum absolute atomic E-state index is 0.415. The summed E-state index contributed by atoms with van der Waals surface area (Å²) < 4.78 is 8.08. The highest BCUT2D eigenvalue weighted by Gasteiger charge is 2.25. The number of nitrogens with zero attached hydrogens (tertiary/aromatic N) is 6. The number of H-pyrrole nitrogens is 1. The van der Waals surface area contributed by atoms with E-state index >= 15 is 0 Å². The van der Waals surface area contributed by atoms with Crippen molar-refractivity contribution in [3.8, 4) is 34.0 Å². The first-order valence-electron chi connectivity index (χ1n) is 11.3. The third-order valence-electron chi connectivity index (χ3n) is 6.28. The normalized spacial score (nSPS) is 14.5. The fourth-order valence-electron chi connectivity index (χ4n) is 4.73. The second-order valence-corrected chi connectivity index (χ2v) is 8.38. The van der Waals surface area contributed by atoms with Crippen LogP contribution in [0, 0.1) is 0 Å². The van der Waals surface area contributed by atoms with Crippen LogP contribution in [0.25, 0.3) is 28.2 Å². The van der Waals surface area contributed by atoms with E-state index in [1.54, 1.807) is 6.20 Å². The molecule has 0 bridgehead atoms. The average Bonchev–Trinajstić information content (AvgIpc) is 3.55. The maximum absolute atomic E-state index is 6.10. The fraction of sp³-hybridized carbons (Fsp3) is 0.240. The van der Waals surface area contributed by atoms with Crippen molar-refractivity contribution >= 4 is 5.65 Å². The summed E-state index contributed by atoms with van der Waals surface area (Å²) >= 11 is 0. The summed E-state index contributed by atoms with van der Waals surface area (Å²) in [4.78, 5) is 4.79. The molecule has 2 aromatic carbocycles. The van der Waals surface area contributed by atoms with Crippen molar-refractivity contribution in [3.05, 3.63) is 72.7 Å². The van der Waals surface area contributed by atoms with Gasteiger partial charge in [-0.05, 0) is 53.1 Å². The molecule has 8 heteroatoms. The maximum atomic E-state index is 6.10. The van der Waals surface area contributed by atoms with Gasteiger partial charge in [-0.25, -0.2) is 14.6 Å². The minimum Gasteiger partial charge on any atom is -0.457 e. The predicted molar refractivity (Wildman–Crippen MR) is 124 cm³/mol. The quantitative estimate of drug-likeness (QED) is 0.395. The Morgan fingerprint density at radius 1 is 0.879 bits per heavy atom. The van der Waals surface area contributed by atoms with E-state index in [2.05, 4.69) is 32.8 Å². The van der Waals surface area contributed by atoms with E-state index in [1.165, 1.54) is 25.0 Å². The number of aromatic amines is 1. The zero-order chi connectivity index (χ0) is 22.0. The fourth-order valence-corrected chi connectivity index (χ4v) is 4.73. The van der Waals surface area contributed by atoms with Gasteiger partial charge >= 0.3 is 0 Å². The van der Waals surface area contributed by atoms with Crippen LogP contribution in [0.1, 0.15) is 43.7 Å². The molecule has 0 aliphatic heterocycles. The van der Waals surface area contributed by atoms with Crippen molar-refractivity contribution in [1.82, 2.24) is 35.2 Å².